The van der Waals surface area contributed by atoms with Crippen LogP contribution in [-0.4, -0.2) is 11.2 Å². The largest absolute Gasteiger partial charge is 0.457 e. The first-order valence-electron chi connectivity index (χ1n) is 8.88. The Morgan fingerprint density at radius 3 is 2.46 bits per heavy atom. The van der Waals surface area contributed by atoms with Crippen LogP contribution in [0, 0.1) is 11.3 Å². The fraction of sp³-hybridized carbons (Fsp3) is 0.130. The summed E-state index contributed by atoms with van der Waals surface area (Å²) < 4.78 is 5.75. The summed E-state index contributed by atoms with van der Waals surface area (Å²) in [5, 5.41) is 11.7. The maximum atomic E-state index is 12.4. The molecule has 1 atom stereocenters. The van der Waals surface area contributed by atoms with E-state index >= 15 is 0 Å². The Morgan fingerprint density at radius 2 is 1.75 bits per heavy atom. The molecule has 0 aromatic heterocycles. The van der Waals surface area contributed by atoms with Gasteiger partial charge < -0.3 is 10.1 Å². The zero-order chi connectivity index (χ0) is 19.8. The van der Waals surface area contributed by atoms with Crippen molar-refractivity contribution in [1.29, 1.82) is 5.26 Å². The minimum absolute atomic E-state index is 0.0573. The molecule has 3 aromatic rings. The fourth-order valence-electron chi connectivity index (χ4n) is 2.50. The summed E-state index contributed by atoms with van der Waals surface area (Å²) >= 11 is 1.53. The predicted octanol–water partition coefficient (Wildman–Crippen LogP) is 5.61. The van der Waals surface area contributed by atoms with Crippen molar-refractivity contribution >= 4 is 23.4 Å². The monoisotopic (exact) mass is 388 g/mol. The van der Waals surface area contributed by atoms with Crippen molar-refractivity contribution in [3.63, 3.8) is 0 Å². The second-order valence-corrected chi connectivity index (χ2v) is 7.52. The van der Waals surface area contributed by atoms with E-state index in [0.29, 0.717) is 17.1 Å². The number of nitriles is 1. The third-order valence-electron chi connectivity index (χ3n) is 4.03. The van der Waals surface area contributed by atoms with Crippen LogP contribution in [0.3, 0.4) is 0 Å². The molecule has 0 fully saturated rings. The lowest BCUT2D eigenvalue weighted by Gasteiger charge is -2.13. The molecule has 0 saturated heterocycles. The Hall–Kier alpha value is -3.23. The third kappa shape index (κ3) is 5.63. The highest BCUT2D eigenvalue weighted by molar-refractivity contribution is 7.99. The van der Waals surface area contributed by atoms with Gasteiger partial charge in [-0.2, -0.15) is 5.26 Å². The molecule has 0 saturated carbocycles. The summed E-state index contributed by atoms with van der Waals surface area (Å²) in [6.45, 7) is 1.88. The maximum absolute atomic E-state index is 12.4. The molecule has 1 unspecified atom stereocenters. The van der Waals surface area contributed by atoms with Gasteiger partial charge in [-0.15, -0.1) is 11.8 Å². The van der Waals surface area contributed by atoms with E-state index in [1.54, 1.807) is 6.07 Å². The molecule has 0 aliphatic heterocycles. The highest BCUT2D eigenvalue weighted by Crippen LogP contribution is 2.24. The lowest BCUT2D eigenvalue weighted by atomic mass is 10.2. The second-order valence-electron chi connectivity index (χ2n) is 6.19. The summed E-state index contributed by atoms with van der Waals surface area (Å²) in [6, 6.07) is 26.4. The van der Waals surface area contributed by atoms with Crippen molar-refractivity contribution in [2.24, 2.45) is 0 Å². The average Bonchev–Trinajstić information content (AvgIpc) is 2.74. The van der Waals surface area contributed by atoms with Crippen LogP contribution in [0.4, 0.5) is 5.69 Å². The standard InChI is InChI=1S/C23H20N2O2S/c1-17(28-16-19-7-5-6-18(14-19)15-24)23(26)25-20-10-12-22(13-11-20)27-21-8-3-2-4-9-21/h2-14,17H,16H2,1H3,(H,25,26). The van der Waals surface area contributed by atoms with E-state index in [4.69, 9.17) is 10.00 Å². The van der Waals surface area contributed by atoms with Gasteiger partial charge in [0.2, 0.25) is 5.91 Å². The average molecular weight is 388 g/mol. The van der Waals surface area contributed by atoms with Crippen LogP contribution in [-0.2, 0) is 10.5 Å². The second kappa shape index (κ2) is 9.63. The van der Waals surface area contributed by atoms with E-state index in [-0.39, 0.29) is 11.2 Å². The van der Waals surface area contributed by atoms with Gasteiger partial charge in [0.05, 0.1) is 16.9 Å². The zero-order valence-corrected chi connectivity index (χ0v) is 16.3. The Kier molecular flexibility index (Phi) is 6.72. The molecule has 0 spiro atoms. The van der Waals surface area contributed by atoms with Crippen molar-refractivity contribution in [2.75, 3.05) is 5.32 Å². The molecular weight excluding hydrogens is 368 g/mol. The number of anilines is 1. The number of thioether (sulfide) groups is 1. The molecule has 140 valence electrons. The molecule has 0 radical (unpaired) electrons. The number of benzene rings is 3. The van der Waals surface area contributed by atoms with Gasteiger partial charge in [0.25, 0.3) is 0 Å². The summed E-state index contributed by atoms with van der Waals surface area (Å²) in [7, 11) is 0. The van der Waals surface area contributed by atoms with Crippen LogP contribution in [0.5, 0.6) is 11.5 Å². The van der Waals surface area contributed by atoms with E-state index in [1.807, 2.05) is 79.7 Å². The minimum Gasteiger partial charge on any atom is -0.457 e. The lowest BCUT2D eigenvalue weighted by Crippen LogP contribution is -2.22. The molecule has 28 heavy (non-hydrogen) atoms. The van der Waals surface area contributed by atoms with Crippen LogP contribution in [0.2, 0.25) is 0 Å². The summed E-state index contributed by atoms with van der Waals surface area (Å²) in [6.07, 6.45) is 0. The predicted molar refractivity (Wildman–Crippen MR) is 114 cm³/mol. The normalized spacial score (nSPS) is 11.3. The van der Waals surface area contributed by atoms with Gasteiger partial charge in [-0.1, -0.05) is 30.3 Å². The van der Waals surface area contributed by atoms with E-state index in [0.717, 1.165) is 17.0 Å². The van der Waals surface area contributed by atoms with Crippen LogP contribution < -0.4 is 10.1 Å². The van der Waals surface area contributed by atoms with Gasteiger partial charge in [0, 0.05) is 11.4 Å². The van der Waals surface area contributed by atoms with Crippen LogP contribution in [0.15, 0.2) is 78.9 Å². The molecule has 0 heterocycles. The van der Waals surface area contributed by atoms with Gasteiger partial charge in [-0.05, 0) is 61.0 Å². The lowest BCUT2D eigenvalue weighted by molar-refractivity contribution is -0.115. The van der Waals surface area contributed by atoms with Crippen molar-refractivity contribution in [2.45, 2.75) is 17.9 Å². The molecule has 4 nitrogen and oxygen atoms in total. The van der Waals surface area contributed by atoms with E-state index in [9.17, 15) is 4.79 Å². The highest BCUT2D eigenvalue weighted by atomic mass is 32.2. The summed E-state index contributed by atoms with van der Waals surface area (Å²) in [5.74, 6) is 2.10. The summed E-state index contributed by atoms with van der Waals surface area (Å²) in [4.78, 5) is 12.4. The van der Waals surface area contributed by atoms with E-state index < -0.39 is 0 Å². The Bertz CT molecular complexity index is 966. The number of hydrogen-bond donors (Lipinski definition) is 1. The number of para-hydroxylation sites is 1. The Balaban J connectivity index is 1.51. The van der Waals surface area contributed by atoms with Gasteiger partial charge in [0.1, 0.15) is 11.5 Å². The highest BCUT2D eigenvalue weighted by Gasteiger charge is 2.14. The number of carbonyl (C=O) groups is 1. The third-order valence-corrected chi connectivity index (χ3v) is 5.24. The molecule has 3 rings (SSSR count). The Labute approximate surface area is 169 Å². The first-order chi connectivity index (χ1) is 13.6. The van der Waals surface area contributed by atoms with Crippen LogP contribution >= 0.6 is 11.8 Å². The molecule has 3 aromatic carbocycles. The molecule has 1 amide bonds. The molecule has 1 N–H and O–H groups in total. The number of rotatable bonds is 7. The molecule has 0 bridgehead atoms. The smallest absolute Gasteiger partial charge is 0.237 e. The van der Waals surface area contributed by atoms with Gasteiger partial charge in [-0.3, -0.25) is 4.79 Å². The first kappa shape index (κ1) is 19.5. The first-order valence-corrected chi connectivity index (χ1v) is 9.93. The fourth-order valence-corrected chi connectivity index (χ4v) is 3.33. The minimum atomic E-state index is -0.217. The summed E-state index contributed by atoms with van der Waals surface area (Å²) in [5.41, 5.74) is 2.39. The van der Waals surface area contributed by atoms with Crippen molar-refractivity contribution in [3.05, 3.63) is 90.0 Å². The topological polar surface area (TPSA) is 62.1 Å². The molecule has 0 aliphatic rings. The quantitative estimate of drug-likeness (QED) is 0.571. The van der Waals surface area contributed by atoms with Gasteiger partial charge in [0.15, 0.2) is 0 Å². The van der Waals surface area contributed by atoms with E-state index in [1.165, 1.54) is 11.8 Å². The van der Waals surface area contributed by atoms with Gasteiger partial charge in [-0.25, -0.2) is 0 Å². The van der Waals surface area contributed by atoms with Gasteiger partial charge >= 0.3 is 0 Å². The molecule has 5 heteroatoms. The van der Waals surface area contributed by atoms with Crippen LogP contribution in [0.25, 0.3) is 0 Å². The number of nitrogens with one attached hydrogen (secondary N) is 1. The van der Waals surface area contributed by atoms with Crippen molar-refractivity contribution in [3.8, 4) is 17.6 Å². The van der Waals surface area contributed by atoms with Crippen LogP contribution in [0.1, 0.15) is 18.1 Å². The Morgan fingerprint density at radius 1 is 1.04 bits per heavy atom. The van der Waals surface area contributed by atoms with E-state index in [2.05, 4.69) is 11.4 Å². The number of nitrogens with zero attached hydrogens (tertiary/aromatic N) is 1. The molecular formula is C23H20N2O2S. The maximum Gasteiger partial charge on any atom is 0.237 e. The number of amides is 1. The van der Waals surface area contributed by atoms with Crippen molar-refractivity contribution < 1.29 is 9.53 Å². The molecule has 0 aliphatic carbocycles. The SMILES string of the molecule is CC(SCc1cccc(C#N)c1)C(=O)Nc1ccc(Oc2ccccc2)cc1. The number of hydrogen-bond acceptors (Lipinski definition) is 4. The van der Waals surface area contributed by atoms with Crippen molar-refractivity contribution in [1.82, 2.24) is 0 Å². The number of carbonyl (C=O) groups excluding carboxylic acids is 1. The zero-order valence-electron chi connectivity index (χ0n) is 15.5. The number of ether oxygens (including phenoxy) is 1.